The van der Waals surface area contributed by atoms with Crippen LogP contribution in [0, 0.1) is 5.92 Å². The van der Waals surface area contributed by atoms with Crippen LogP contribution < -0.4 is 5.56 Å². The molecule has 0 unspecified atom stereocenters. The SMILES string of the molecule is C[C@H]1CCCN(Cc2cc(Br)c3cc[nH]c(=O)c3c2)C1. The highest BCUT2D eigenvalue weighted by Gasteiger charge is 2.16. The molecule has 1 aliphatic heterocycles. The quantitative estimate of drug-likeness (QED) is 0.912. The molecule has 2 heterocycles. The van der Waals surface area contributed by atoms with E-state index in [1.54, 1.807) is 6.20 Å². The van der Waals surface area contributed by atoms with Gasteiger partial charge in [0.2, 0.25) is 0 Å². The fraction of sp³-hybridized carbons (Fsp3) is 0.438. The summed E-state index contributed by atoms with van der Waals surface area (Å²) in [6.45, 7) is 5.55. The Kier molecular flexibility index (Phi) is 3.94. The molecular formula is C16H19BrN2O. The number of rotatable bonds is 2. The summed E-state index contributed by atoms with van der Waals surface area (Å²) in [5, 5.41) is 1.74. The zero-order chi connectivity index (χ0) is 14.1. The molecular weight excluding hydrogens is 316 g/mol. The summed E-state index contributed by atoms with van der Waals surface area (Å²) in [4.78, 5) is 17.2. The van der Waals surface area contributed by atoms with Crippen molar-refractivity contribution in [2.75, 3.05) is 13.1 Å². The third-order valence-electron chi connectivity index (χ3n) is 4.05. The molecule has 0 radical (unpaired) electrons. The minimum absolute atomic E-state index is 0.0166. The summed E-state index contributed by atoms with van der Waals surface area (Å²) in [6, 6.07) is 6.10. The summed E-state index contributed by atoms with van der Waals surface area (Å²) in [6.07, 6.45) is 4.30. The Hall–Kier alpha value is -1.13. The van der Waals surface area contributed by atoms with Gasteiger partial charge in [-0.25, -0.2) is 0 Å². The van der Waals surface area contributed by atoms with Crippen molar-refractivity contribution in [3.8, 4) is 0 Å². The molecule has 0 spiro atoms. The van der Waals surface area contributed by atoms with Crippen LogP contribution >= 0.6 is 15.9 Å². The van der Waals surface area contributed by atoms with E-state index >= 15 is 0 Å². The summed E-state index contributed by atoms with van der Waals surface area (Å²) in [5.41, 5.74) is 1.19. The first-order valence-corrected chi connectivity index (χ1v) is 7.95. The highest BCUT2D eigenvalue weighted by molar-refractivity contribution is 9.10. The third kappa shape index (κ3) is 2.81. The molecule has 106 valence electrons. The maximum atomic E-state index is 11.9. The Balaban J connectivity index is 1.92. The van der Waals surface area contributed by atoms with Crippen LogP contribution in [0.3, 0.4) is 0 Å². The number of aromatic nitrogens is 1. The van der Waals surface area contributed by atoms with Crippen LogP contribution in [0.25, 0.3) is 10.8 Å². The normalized spacial score (nSPS) is 20.4. The number of hydrogen-bond donors (Lipinski definition) is 1. The molecule has 1 aromatic heterocycles. The molecule has 0 aliphatic carbocycles. The summed E-state index contributed by atoms with van der Waals surface area (Å²) in [5.74, 6) is 0.774. The van der Waals surface area contributed by atoms with E-state index in [2.05, 4.69) is 38.8 Å². The standard InChI is InChI=1S/C16H19BrN2O/c1-11-3-2-6-19(9-11)10-12-7-14-13(15(17)8-12)4-5-18-16(14)20/h4-5,7-8,11H,2-3,6,9-10H2,1H3,(H,18,20)/t11-/m0/s1. The molecule has 0 bridgehead atoms. The lowest BCUT2D eigenvalue weighted by atomic mass is 9.99. The molecule has 3 nitrogen and oxygen atoms in total. The van der Waals surface area contributed by atoms with Gasteiger partial charge in [0.1, 0.15) is 0 Å². The monoisotopic (exact) mass is 334 g/mol. The van der Waals surface area contributed by atoms with Gasteiger partial charge in [0.25, 0.3) is 5.56 Å². The molecule has 2 aromatic rings. The average molecular weight is 335 g/mol. The Labute approximate surface area is 127 Å². The summed E-state index contributed by atoms with van der Waals surface area (Å²) < 4.78 is 1.00. The zero-order valence-electron chi connectivity index (χ0n) is 11.7. The minimum Gasteiger partial charge on any atom is -0.329 e. The molecule has 0 saturated carbocycles. The van der Waals surface area contributed by atoms with Crippen LogP contribution in [0.15, 0.2) is 33.7 Å². The van der Waals surface area contributed by atoms with Gasteiger partial charge in [-0.15, -0.1) is 0 Å². The minimum atomic E-state index is -0.0166. The van der Waals surface area contributed by atoms with E-state index in [1.165, 1.54) is 18.4 Å². The molecule has 1 fully saturated rings. The van der Waals surface area contributed by atoms with E-state index in [0.29, 0.717) is 0 Å². The average Bonchev–Trinajstić information content (AvgIpc) is 2.40. The van der Waals surface area contributed by atoms with Gasteiger partial charge in [0, 0.05) is 34.5 Å². The first-order valence-electron chi connectivity index (χ1n) is 7.15. The molecule has 1 aliphatic rings. The fourth-order valence-corrected chi connectivity index (χ4v) is 3.73. The van der Waals surface area contributed by atoms with Gasteiger partial charge in [-0.05, 0) is 49.1 Å². The van der Waals surface area contributed by atoms with Crippen molar-refractivity contribution >= 4 is 26.7 Å². The molecule has 20 heavy (non-hydrogen) atoms. The second kappa shape index (κ2) is 5.70. The van der Waals surface area contributed by atoms with Crippen LogP contribution in [0.1, 0.15) is 25.3 Å². The molecule has 4 heteroatoms. The van der Waals surface area contributed by atoms with E-state index in [0.717, 1.165) is 40.8 Å². The molecule has 1 N–H and O–H groups in total. The van der Waals surface area contributed by atoms with Gasteiger partial charge in [0.05, 0.1) is 0 Å². The number of likely N-dealkylation sites (tertiary alicyclic amines) is 1. The summed E-state index contributed by atoms with van der Waals surface area (Å²) in [7, 11) is 0. The van der Waals surface area contributed by atoms with Gasteiger partial charge in [-0.1, -0.05) is 22.9 Å². The molecule has 3 rings (SSSR count). The lowest BCUT2D eigenvalue weighted by Gasteiger charge is -2.30. The Morgan fingerprint density at radius 3 is 3.05 bits per heavy atom. The van der Waals surface area contributed by atoms with E-state index in [9.17, 15) is 4.79 Å². The van der Waals surface area contributed by atoms with Crippen LogP contribution in [-0.4, -0.2) is 23.0 Å². The van der Waals surface area contributed by atoms with Crippen molar-refractivity contribution < 1.29 is 0 Å². The van der Waals surface area contributed by atoms with Crippen LogP contribution in [0.5, 0.6) is 0 Å². The molecule has 0 amide bonds. The lowest BCUT2D eigenvalue weighted by Crippen LogP contribution is -2.33. The number of piperidine rings is 1. The Morgan fingerprint density at radius 2 is 2.25 bits per heavy atom. The van der Waals surface area contributed by atoms with Crippen LogP contribution in [0.2, 0.25) is 0 Å². The second-order valence-corrected chi connectivity index (χ2v) is 6.68. The van der Waals surface area contributed by atoms with Crippen molar-refractivity contribution in [2.24, 2.45) is 5.92 Å². The number of fused-ring (bicyclic) bond motifs is 1. The number of aromatic amines is 1. The highest BCUT2D eigenvalue weighted by atomic mass is 79.9. The topological polar surface area (TPSA) is 36.1 Å². The largest absolute Gasteiger partial charge is 0.329 e. The van der Waals surface area contributed by atoms with Crippen LogP contribution in [0.4, 0.5) is 0 Å². The Bertz CT molecular complexity index is 680. The van der Waals surface area contributed by atoms with Crippen molar-refractivity contribution in [1.82, 2.24) is 9.88 Å². The molecule has 1 atom stereocenters. The van der Waals surface area contributed by atoms with E-state index < -0.39 is 0 Å². The lowest BCUT2D eigenvalue weighted by molar-refractivity contribution is 0.176. The fourth-order valence-electron chi connectivity index (χ4n) is 3.09. The first-order chi connectivity index (χ1) is 9.63. The molecule has 1 aromatic carbocycles. The van der Waals surface area contributed by atoms with E-state index in [4.69, 9.17) is 0 Å². The second-order valence-electron chi connectivity index (χ2n) is 5.83. The zero-order valence-corrected chi connectivity index (χ0v) is 13.2. The number of H-pyrrole nitrogens is 1. The van der Waals surface area contributed by atoms with Gasteiger partial charge in [0.15, 0.2) is 0 Å². The van der Waals surface area contributed by atoms with Gasteiger partial charge < -0.3 is 4.98 Å². The number of benzene rings is 1. The van der Waals surface area contributed by atoms with E-state index in [1.807, 2.05) is 12.1 Å². The summed E-state index contributed by atoms with van der Waals surface area (Å²) >= 11 is 3.59. The smallest absolute Gasteiger partial charge is 0.255 e. The number of halogens is 1. The maximum Gasteiger partial charge on any atom is 0.255 e. The highest BCUT2D eigenvalue weighted by Crippen LogP contribution is 2.25. The maximum absolute atomic E-state index is 11.9. The number of nitrogens with one attached hydrogen (secondary N) is 1. The van der Waals surface area contributed by atoms with Crippen molar-refractivity contribution in [3.63, 3.8) is 0 Å². The van der Waals surface area contributed by atoms with Gasteiger partial charge in [-0.3, -0.25) is 9.69 Å². The first kappa shape index (κ1) is 13.8. The van der Waals surface area contributed by atoms with Gasteiger partial charge >= 0.3 is 0 Å². The van der Waals surface area contributed by atoms with Crippen LogP contribution in [-0.2, 0) is 6.54 Å². The third-order valence-corrected chi connectivity index (χ3v) is 4.70. The predicted molar refractivity (Wildman–Crippen MR) is 85.9 cm³/mol. The Morgan fingerprint density at radius 1 is 1.40 bits per heavy atom. The van der Waals surface area contributed by atoms with E-state index in [-0.39, 0.29) is 5.56 Å². The number of nitrogens with zero attached hydrogens (tertiary/aromatic N) is 1. The van der Waals surface area contributed by atoms with Crippen molar-refractivity contribution in [2.45, 2.75) is 26.3 Å². The molecule has 1 saturated heterocycles. The predicted octanol–water partition coefficient (Wildman–Crippen LogP) is 3.52. The van der Waals surface area contributed by atoms with Gasteiger partial charge in [-0.2, -0.15) is 0 Å². The number of pyridine rings is 1. The number of hydrogen-bond acceptors (Lipinski definition) is 2. The van der Waals surface area contributed by atoms with Crippen molar-refractivity contribution in [3.05, 3.63) is 44.8 Å². The van der Waals surface area contributed by atoms with Crippen molar-refractivity contribution in [1.29, 1.82) is 0 Å².